The van der Waals surface area contributed by atoms with Crippen molar-refractivity contribution in [1.29, 1.82) is 0 Å². The number of thiol groups is 1. The molecule has 6 amide bonds. The van der Waals surface area contributed by atoms with E-state index in [-0.39, 0.29) is 55.2 Å². The van der Waals surface area contributed by atoms with Gasteiger partial charge in [-0.25, -0.2) is 4.79 Å². The van der Waals surface area contributed by atoms with Gasteiger partial charge in [0, 0.05) is 31.9 Å². The molecule has 0 unspecified atom stereocenters. The summed E-state index contributed by atoms with van der Waals surface area (Å²) in [6, 6.07) is 9.78. The summed E-state index contributed by atoms with van der Waals surface area (Å²) in [6.07, 6.45) is 0.876. The van der Waals surface area contributed by atoms with Crippen LogP contribution in [0.3, 0.4) is 0 Å². The van der Waals surface area contributed by atoms with Crippen LogP contribution >= 0.6 is 12.6 Å². The first kappa shape index (κ1) is 51.0. The number of unbranched alkanes of at least 4 members (excludes halogenated alkanes) is 1. The summed E-state index contributed by atoms with van der Waals surface area (Å²) in [7, 11) is 0. The van der Waals surface area contributed by atoms with Crippen molar-refractivity contribution in [3.63, 3.8) is 0 Å². The van der Waals surface area contributed by atoms with E-state index in [2.05, 4.69) is 44.5 Å². The fourth-order valence-electron chi connectivity index (χ4n) is 6.46. The van der Waals surface area contributed by atoms with Crippen LogP contribution in [0.2, 0.25) is 0 Å². The number of aromatic hydroxyl groups is 3. The van der Waals surface area contributed by atoms with E-state index in [1.807, 2.05) is 0 Å². The summed E-state index contributed by atoms with van der Waals surface area (Å²) >= 11 is 4.16. The van der Waals surface area contributed by atoms with Gasteiger partial charge in [0.1, 0.15) is 53.5 Å². The molecule has 19 heteroatoms. The third-order valence-corrected chi connectivity index (χ3v) is 10.6. The second kappa shape index (κ2) is 25.6. The van der Waals surface area contributed by atoms with Gasteiger partial charge in [0.25, 0.3) is 0 Å². The van der Waals surface area contributed by atoms with Crippen LogP contribution in [0.25, 0.3) is 0 Å². The van der Waals surface area contributed by atoms with Crippen LogP contribution in [0.5, 0.6) is 17.2 Å². The van der Waals surface area contributed by atoms with E-state index in [1.54, 1.807) is 26.0 Å². The van der Waals surface area contributed by atoms with Crippen molar-refractivity contribution in [2.75, 3.05) is 12.3 Å². The molecule has 342 valence electrons. The van der Waals surface area contributed by atoms with Crippen molar-refractivity contribution in [3.05, 3.63) is 89.5 Å². The van der Waals surface area contributed by atoms with Gasteiger partial charge in [0.15, 0.2) is 0 Å². The first-order valence-electron chi connectivity index (χ1n) is 20.6. The first-order valence-corrected chi connectivity index (χ1v) is 21.2. The van der Waals surface area contributed by atoms with E-state index < -0.39 is 83.6 Å². The number of aliphatic carboxylic acids is 1. The van der Waals surface area contributed by atoms with Crippen molar-refractivity contribution < 1.29 is 54.0 Å². The Morgan fingerprint density at radius 1 is 0.556 bits per heavy atom. The fraction of sp³-hybridized carbons (Fsp3) is 0.432. The number of rotatable bonds is 25. The molecule has 0 aliphatic rings. The van der Waals surface area contributed by atoms with Gasteiger partial charge < -0.3 is 58.1 Å². The maximum Gasteiger partial charge on any atom is 0.326 e. The SMILES string of the molecule is CC[C@H](C)[C@H](NC(=O)[C@H](CS)NC(C)=O)C(=O)N[C@@H](Cc1ccc(O)cc1)C(=O)N[C@@H](CCCCN)C(=O)N[C@@H](Cc1ccc(O)cc1)C(=O)N[C@@H](Cc1ccc(O)cc1)C(=O)O. The van der Waals surface area contributed by atoms with E-state index in [0.717, 1.165) is 0 Å². The van der Waals surface area contributed by atoms with Gasteiger partial charge in [-0.2, -0.15) is 12.6 Å². The number of phenols is 3. The Labute approximate surface area is 371 Å². The van der Waals surface area contributed by atoms with E-state index in [1.165, 1.54) is 67.6 Å². The first-order chi connectivity index (χ1) is 29.9. The van der Waals surface area contributed by atoms with E-state index in [4.69, 9.17) is 5.73 Å². The Balaban J connectivity index is 1.95. The summed E-state index contributed by atoms with van der Waals surface area (Å²) in [5.41, 5.74) is 7.27. The topological polar surface area (TPSA) is 299 Å². The molecule has 0 spiro atoms. The highest BCUT2D eigenvalue weighted by Crippen LogP contribution is 2.16. The minimum absolute atomic E-state index is 0.0323. The van der Waals surface area contributed by atoms with Crippen LogP contribution in [0, 0.1) is 5.92 Å². The Morgan fingerprint density at radius 3 is 1.33 bits per heavy atom. The molecular weight excluding hydrogens is 835 g/mol. The average Bonchev–Trinajstić information content (AvgIpc) is 3.25. The lowest BCUT2D eigenvalue weighted by Crippen LogP contribution is -2.61. The molecule has 3 aromatic carbocycles. The summed E-state index contributed by atoms with van der Waals surface area (Å²) in [6.45, 7) is 5.03. The Kier molecular flexibility index (Phi) is 20.7. The van der Waals surface area contributed by atoms with Crippen LogP contribution in [0.1, 0.15) is 63.1 Å². The molecule has 0 fully saturated rings. The number of nitrogens with one attached hydrogen (secondary N) is 6. The zero-order chi connectivity index (χ0) is 46.6. The zero-order valence-electron chi connectivity index (χ0n) is 35.5. The van der Waals surface area contributed by atoms with Crippen LogP contribution in [-0.2, 0) is 52.8 Å². The highest BCUT2D eigenvalue weighted by Gasteiger charge is 2.35. The number of amides is 6. The zero-order valence-corrected chi connectivity index (χ0v) is 36.4. The molecule has 0 saturated heterocycles. The lowest BCUT2D eigenvalue weighted by atomic mass is 9.96. The van der Waals surface area contributed by atoms with Gasteiger partial charge in [-0.1, -0.05) is 56.7 Å². The van der Waals surface area contributed by atoms with Gasteiger partial charge in [-0.3, -0.25) is 28.8 Å². The molecule has 0 saturated carbocycles. The smallest absolute Gasteiger partial charge is 0.326 e. The molecule has 0 aromatic heterocycles. The van der Waals surface area contributed by atoms with Gasteiger partial charge >= 0.3 is 5.97 Å². The van der Waals surface area contributed by atoms with Gasteiger partial charge in [0.2, 0.25) is 35.4 Å². The highest BCUT2D eigenvalue weighted by atomic mass is 32.1. The van der Waals surface area contributed by atoms with Crippen LogP contribution in [0.4, 0.5) is 0 Å². The average molecular weight is 894 g/mol. The fourth-order valence-corrected chi connectivity index (χ4v) is 6.71. The molecule has 63 heavy (non-hydrogen) atoms. The van der Waals surface area contributed by atoms with Gasteiger partial charge in [0.05, 0.1) is 0 Å². The number of hydrogen-bond acceptors (Lipinski definition) is 12. The number of hydrogen-bond donors (Lipinski definition) is 12. The van der Waals surface area contributed by atoms with E-state index >= 15 is 0 Å². The number of carboxylic acids is 1. The number of benzene rings is 3. The molecule has 0 bridgehead atoms. The molecule has 12 N–H and O–H groups in total. The third kappa shape index (κ3) is 17.2. The number of phenolic OH excluding ortho intramolecular Hbond substituents is 3. The normalized spacial score (nSPS) is 14.3. The largest absolute Gasteiger partial charge is 0.508 e. The van der Waals surface area contributed by atoms with Crippen LogP contribution in [0.15, 0.2) is 72.8 Å². The quantitative estimate of drug-likeness (QED) is 0.0418. The van der Waals surface area contributed by atoms with E-state index in [0.29, 0.717) is 36.0 Å². The molecule has 0 aliphatic carbocycles. The molecule has 0 aliphatic heterocycles. The standard InChI is InChI=1S/C44H59N7O11S/c1-4-25(2)38(51-42(59)37(24-63)46-26(3)52)43(60)49-35(22-28-10-16-31(54)17-11-28)40(57)47-33(7-5-6-20-45)39(56)48-34(21-27-8-14-30(53)15-9-27)41(58)50-36(44(61)62)23-29-12-18-32(55)19-13-29/h8-19,25,33-38,53-55,63H,4-7,20-24,45H2,1-3H3,(H,46,52)(H,47,57)(H,48,56)(H,49,60)(H,50,58)(H,51,59)(H,61,62)/t25-,33-,34-,35-,36-,37-,38-/m0/s1. The Bertz CT molecular complexity index is 2000. The highest BCUT2D eigenvalue weighted by molar-refractivity contribution is 7.80. The minimum Gasteiger partial charge on any atom is -0.508 e. The van der Waals surface area contributed by atoms with Crippen molar-refractivity contribution in [1.82, 2.24) is 31.9 Å². The molecule has 3 rings (SSSR count). The number of carbonyl (C=O) groups is 7. The second-order valence-electron chi connectivity index (χ2n) is 15.3. The minimum atomic E-state index is -1.44. The Morgan fingerprint density at radius 2 is 0.937 bits per heavy atom. The third-order valence-electron chi connectivity index (χ3n) is 10.3. The molecule has 0 heterocycles. The lowest BCUT2D eigenvalue weighted by molar-refractivity contribution is -0.142. The lowest BCUT2D eigenvalue weighted by Gasteiger charge is -2.29. The maximum absolute atomic E-state index is 14.3. The Hall–Kier alpha value is -6.34. The van der Waals surface area contributed by atoms with Gasteiger partial charge in [-0.05, 0) is 84.8 Å². The maximum atomic E-state index is 14.3. The van der Waals surface area contributed by atoms with Crippen LogP contribution < -0.4 is 37.6 Å². The number of carbonyl (C=O) groups excluding carboxylic acids is 6. The predicted octanol–water partition coefficient (Wildman–Crippen LogP) is 0.950. The van der Waals surface area contributed by atoms with Crippen molar-refractivity contribution in [3.8, 4) is 17.2 Å². The molecular formula is C44H59N7O11S. The molecule has 3 aromatic rings. The summed E-state index contributed by atoms with van der Waals surface area (Å²) < 4.78 is 0. The predicted molar refractivity (Wildman–Crippen MR) is 237 cm³/mol. The summed E-state index contributed by atoms with van der Waals surface area (Å²) in [5.74, 6) is -6.33. The van der Waals surface area contributed by atoms with Crippen molar-refractivity contribution >= 4 is 54.0 Å². The van der Waals surface area contributed by atoms with Crippen molar-refractivity contribution in [2.24, 2.45) is 11.7 Å². The molecule has 18 nitrogen and oxygen atoms in total. The summed E-state index contributed by atoms with van der Waals surface area (Å²) in [4.78, 5) is 93.7. The molecule has 0 radical (unpaired) electrons. The van der Waals surface area contributed by atoms with Crippen LogP contribution in [-0.4, -0.2) is 110 Å². The second-order valence-corrected chi connectivity index (χ2v) is 15.7. The monoisotopic (exact) mass is 893 g/mol. The van der Waals surface area contributed by atoms with Gasteiger partial charge in [-0.15, -0.1) is 0 Å². The number of nitrogens with two attached hydrogens (primary N) is 1. The molecule has 7 atom stereocenters. The summed E-state index contributed by atoms with van der Waals surface area (Å²) in [5, 5.41) is 55.2. The number of carboxylic acid groups (broad SMARTS) is 1. The van der Waals surface area contributed by atoms with E-state index in [9.17, 15) is 54.0 Å². The van der Waals surface area contributed by atoms with Crippen molar-refractivity contribution in [2.45, 2.75) is 102 Å².